The second-order valence-electron chi connectivity index (χ2n) is 4.33. The topological polar surface area (TPSA) is 55.1 Å². The predicted molar refractivity (Wildman–Crippen MR) is 73.0 cm³/mol. The molecule has 2 rings (SSSR count). The molecule has 0 aromatic heterocycles. The first-order valence-electron chi connectivity index (χ1n) is 6.12. The van der Waals surface area contributed by atoms with Crippen LogP contribution in [-0.2, 0) is 17.8 Å². The van der Waals surface area contributed by atoms with Gasteiger partial charge in [0.15, 0.2) is 0 Å². The Balaban J connectivity index is 2.09. The van der Waals surface area contributed by atoms with E-state index in [2.05, 4.69) is 5.32 Å². The van der Waals surface area contributed by atoms with Crippen molar-refractivity contribution in [3.63, 3.8) is 0 Å². The molecule has 3 N–H and O–H groups in total. The standard InChI is InChI=1S/C15H14F2N2O/c16-13-5-2-6-14(17)12(13)8-15(20)19-11-4-1-3-10(7-11)9-18/h1-7H,8-9,18H2,(H,19,20). The van der Waals surface area contributed by atoms with Gasteiger partial charge in [0, 0.05) is 17.8 Å². The molecule has 0 unspecified atom stereocenters. The molecule has 0 saturated carbocycles. The summed E-state index contributed by atoms with van der Waals surface area (Å²) in [6.07, 6.45) is -0.356. The zero-order valence-corrected chi connectivity index (χ0v) is 10.7. The summed E-state index contributed by atoms with van der Waals surface area (Å²) in [5.74, 6) is -1.94. The van der Waals surface area contributed by atoms with Crippen molar-refractivity contribution in [1.82, 2.24) is 0 Å². The molecule has 0 aliphatic rings. The Hall–Kier alpha value is -2.27. The summed E-state index contributed by atoms with van der Waals surface area (Å²) in [6.45, 7) is 0.353. The largest absolute Gasteiger partial charge is 0.326 e. The number of halogens is 2. The van der Waals surface area contributed by atoms with E-state index in [0.717, 1.165) is 17.7 Å². The van der Waals surface area contributed by atoms with Crippen LogP contribution in [0.5, 0.6) is 0 Å². The molecule has 0 saturated heterocycles. The summed E-state index contributed by atoms with van der Waals surface area (Å²) in [4.78, 5) is 11.8. The normalized spacial score (nSPS) is 10.3. The van der Waals surface area contributed by atoms with Gasteiger partial charge < -0.3 is 11.1 Å². The van der Waals surface area contributed by atoms with Crippen LogP contribution in [0, 0.1) is 11.6 Å². The summed E-state index contributed by atoms with van der Waals surface area (Å²) in [6, 6.07) is 10.5. The van der Waals surface area contributed by atoms with Crippen molar-refractivity contribution in [1.29, 1.82) is 0 Å². The van der Waals surface area contributed by atoms with Gasteiger partial charge in [0.1, 0.15) is 11.6 Å². The van der Waals surface area contributed by atoms with Crippen molar-refractivity contribution in [2.75, 3.05) is 5.32 Å². The molecule has 0 atom stereocenters. The zero-order valence-electron chi connectivity index (χ0n) is 10.7. The van der Waals surface area contributed by atoms with Crippen LogP contribution >= 0.6 is 0 Å². The highest BCUT2D eigenvalue weighted by atomic mass is 19.1. The van der Waals surface area contributed by atoms with Crippen LogP contribution in [-0.4, -0.2) is 5.91 Å². The van der Waals surface area contributed by atoms with E-state index in [1.807, 2.05) is 6.07 Å². The van der Waals surface area contributed by atoms with E-state index >= 15 is 0 Å². The monoisotopic (exact) mass is 276 g/mol. The molecule has 104 valence electrons. The van der Waals surface area contributed by atoms with Crippen molar-refractivity contribution in [2.24, 2.45) is 5.73 Å². The summed E-state index contributed by atoms with van der Waals surface area (Å²) in [5.41, 5.74) is 6.68. The van der Waals surface area contributed by atoms with Gasteiger partial charge in [-0.2, -0.15) is 0 Å². The number of hydrogen-bond acceptors (Lipinski definition) is 2. The Morgan fingerprint density at radius 1 is 1.10 bits per heavy atom. The molecule has 0 aliphatic heterocycles. The summed E-state index contributed by atoms with van der Waals surface area (Å²) < 4.78 is 26.9. The van der Waals surface area contributed by atoms with Gasteiger partial charge in [0.05, 0.1) is 6.42 Å². The molecule has 20 heavy (non-hydrogen) atoms. The van der Waals surface area contributed by atoms with E-state index in [1.54, 1.807) is 18.2 Å². The highest BCUT2D eigenvalue weighted by molar-refractivity contribution is 5.92. The lowest BCUT2D eigenvalue weighted by Crippen LogP contribution is -2.16. The molecule has 3 nitrogen and oxygen atoms in total. The molecule has 2 aromatic rings. The minimum atomic E-state index is -0.726. The third-order valence-corrected chi connectivity index (χ3v) is 2.85. The number of hydrogen-bond donors (Lipinski definition) is 2. The van der Waals surface area contributed by atoms with E-state index in [1.165, 1.54) is 6.07 Å². The van der Waals surface area contributed by atoms with E-state index in [4.69, 9.17) is 5.73 Å². The van der Waals surface area contributed by atoms with Gasteiger partial charge in [-0.15, -0.1) is 0 Å². The van der Waals surface area contributed by atoms with Gasteiger partial charge in [-0.25, -0.2) is 8.78 Å². The number of carbonyl (C=O) groups excluding carboxylic acids is 1. The van der Waals surface area contributed by atoms with Crippen LogP contribution in [0.2, 0.25) is 0 Å². The first-order valence-corrected chi connectivity index (χ1v) is 6.12. The maximum absolute atomic E-state index is 13.4. The van der Waals surface area contributed by atoms with E-state index < -0.39 is 17.5 Å². The molecule has 1 amide bonds. The van der Waals surface area contributed by atoms with Crippen molar-refractivity contribution < 1.29 is 13.6 Å². The zero-order chi connectivity index (χ0) is 14.5. The van der Waals surface area contributed by atoms with Gasteiger partial charge in [0.25, 0.3) is 0 Å². The maximum atomic E-state index is 13.4. The second kappa shape index (κ2) is 6.25. The van der Waals surface area contributed by atoms with Crippen LogP contribution < -0.4 is 11.1 Å². The Morgan fingerprint density at radius 2 is 1.75 bits per heavy atom. The number of nitrogens with two attached hydrogens (primary N) is 1. The van der Waals surface area contributed by atoms with Crippen LogP contribution in [0.1, 0.15) is 11.1 Å². The second-order valence-corrected chi connectivity index (χ2v) is 4.33. The van der Waals surface area contributed by atoms with Gasteiger partial charge in [-0.3, -0.25) is 4.79 Å². The number of rotatable bonds is 4. The fourth-order valence-corrected chi connectivity index (χ4v) is 1.84. The number of carbonyl (C=O) groups is 1. The van der Waals surface area contributed by atoms with Crippen LogP contribution in [0.3, 0.4) is 0 Å². The Morgan fingerprint density at radius 3 is 2.40 bits per heavy atom. The fraction of sp³-hybridized carbons (Fsp3) is 0.133. The molecule has 0 aliphatic carbocycles. The Kier molecular flexibility index (Phi) is 4.42. The van der Waals surface area contributed by atoms with E-state index in [0.29, 0.717) is 12.2 Å². The summed E-state index contributed by atoms with van der Waals surface area (Å²) >= 11 is 0. The third-order valence-electron chi connectivity index (χ3n) is 2.85. The SMILES string of the molecule is NCc1cccc(NC(=O)Cc2c(F)cccc2F)c1. The molecule has 0 bridgehead atoms. The smallest absolute Gasteiger partial charge is 0.229 e. The molecule has 0 radical (unpaired) electrons. The molecule has 0 heterocycles. The third kappa shape index (κ3) is 3.39. The lowest BCUT2D eigenvalue weighted by molar-refractivity contribution is -0.115. The highest BCUT2D eigenvalue weighted by Crippen LogP contribution is 2.15. The number of nitrogens with one attached hydrogen (secondary N) is 1. The van der Waals surface area contributed by atoms with Crippen LogP contribution in [0.15, 0.2) is 42.5 Å². The lowest BCUT2D eigenvalue weighted by atomic mass is 10.1. The number of amides is 1. The number of benzene rings is 2. The summed E-state index contributed by atoms with van der Waals surface area (Å²) in [7, 11) is 0. The predicted octanol–water partition coefficient (Wildman–Crippen LogP) is 2.60. The van der Waals surface area contributed by atoms with Crippen molar-refractivity contribution >= 4 is 11.6 Å². The van der Waals surface area contributed by atoms with Gasteiger partial charge in [-0.1, -0.05) is 18.2 Å². The Bertz CT molecular complexity index is 609. The average Bonchev–Trinajstić information content (AvgIpc) is 2.43. The van der Waals surface area contributed by atoms with Gasteiger partial charge >= 0.3 is 0 Å². The summed E-state index contributed by atoms with van der Waals surface area (Å²) in [5, 5.41) is 2.59. The lowest BCUT2D eigenvalue weighted by Gasteiger charge is -2.08. The molecule has 5 heteroatoms. The minimum absolute atomic E-state index is 0.236. The van der Waals surface area contributed by atoms with Crippen molar-refractivity contribution in [3.05, 3.63) is 65.2 Å². The first-order chi connectivity index (χ1) is 9.60. The van der Waals surface area contributed by atoms with E-state index in [9.17, 15) is 13.6 Å². The van der Waals surface area contributed by atoms with Crippen LogP contribution in [0.4, 0.5) is 14.5 Å². The first kappa shape index (κ1) is 14.1. The quantitative estimate of drug-likeness (QED) is 0.902. The molecular formula is C15H14F2N2O. The fourth-order valence-electron chi connectivity index (χ4n) is 1.84. The Labute approximate surface area is 115 Å². The molecule has 2 aromatic carbocycles. The molecule has 0 fully saturated rings. The average molecular weight is 276 g/mol. The maximum Gasteiger partial charge on any atom is 0.229 e. The van der Waals surface area contributed by atoms with Gasteiger partial charge in [-0.05, 0) is 29.8 Å². The van der Waals surface area contributed by atoms with Crippen molar-refractivity contribution in [3.8, 4) is 0 Å². The number of anilines is 1. The van der Waals surface area contributed by atoms with E-state index in [-0.39, 0.29) is 12.0 Å². The van der Waals surface area contributed by atoms with Crippen LogP contribution in [0.25, 0.3) is 0 Å². The van der Waals surface area contributed by atoms with Crippen molar-refractivity contribution in [2.45, 2.75) is 13.0 Å². The molecule has 0 spiro atoms. The van der Waals surface area contributed by atoms with Gasteiger partial charge in [0.2, 0.25) is 5.91 Å². The molecular weight excluding hydrogens is 262 g/mol. The highest BCUT2D eigenvalue weighted by Gasteiger charge is 2.13. The minimum Gasteiger partial charge on any atom is -0.326 e.